The summed E-state index contributed by atoms with van der Waals surface area (Å²) in [5, 5.41) is 10.1. The highest BCUT2D eigenvalue weighted by Gasteiger charge is 2.33. The van der Waals surface area contributed by atoms with Gasteiger partial charge in [0.1, 0.15) is 5.75 Å². The topological polar surface area (TPSA) is 49.5 Å². The lowest BCUT2D eigenvalue weighted by atomic mass is 9.89. The molecule has 3 nitrogen and oxygen atoms in total. The van der Waals surface area contributed by atoms with E-state index >= 15 is 0 Å². The summed E-state index contributed by atoms with van der Waals surface area (Å²) in [5.74, 6) is 0.941. The largest absolute Gasteiger partial charge is 0.506 e. The highest BCUT2D eigenvalue weighted by atomic mass is 79.9. The average molecular weight is 327 g/mol. The SMILES string of the molecule is Cc1c(C)c(C2CC(CN)CN2C)c(C)c(Br)c1O. The highest BCUT2D eigenvalue weighted by molar-refractivity contribution is 9.10. The second-order valence-corrected chi connectivity index (χ2v) is 6.54. The van der Waals surface area contributed by atoms with Crippen molar-refractivity contribution in [3.05, 3.63) is 26.7 Å². The molecular weight excluding hydrogens is 304 g/mol. The Morgan fingerprint density at radius 1 is 1.26 bits per heavy atom. The molecule has 2 atom stereocenters. The van der Waals surface area contributed by atoms with Gasteiger partial charge in [-0.3, -0.25) is 4.90 Å². The van der Waals surface area contributed by atoms with Gasteiger partial charge in [0.25, 0.3) is 0 Å². The maximum atomic E-state index is 10.1. The normalized spacial score (nSPS) is 24.1. The maximum Gasteiger partial charge on any atom is 0.133 e. The van der Waals surface area contributed by atoms with Crippen LogP contribution in [-0.4, -0.2) is 30.1 Å². The second kappa shape index (κ2) is 5.43. The van der Waals surface area contributed by atoms with Gasteiger partial charge in [0.15, 0.2) is 0 Å². The van der Waals surface area contributed by atoms with Crippen LogP contribution in [0.25, 0.3) is 0 Å². The average Bonchev–Trinajstić information content (AvgIpc) is 2.76. The van der Waals surface area contributed by atoms with Crippen LogP contribution >= 0.6 is 15.9 Å². The molecule has 0 saturated carbocycles. The summed E-state index contributed by atoms with van der Waals surface area (Å²) in [4.78, 5) is 2.38. The molecule has 1 aliphatic rings. The lowest BCUT2D eigenvalue weighted by Crippen LogP contribution is -2.21. The number of hydrogen-bond acceptors (Lipinski definition) is 3. The number of halogens is 1. The Hall–Kier alpha value is -0.580. The van der Waals surface area contributed by atoms with Gasteiger partial charge in [0.2, 0.25) is 0 Å². The number of nitrogens with zero attached hydrogens (tertiary/aromatic N) is 1. The molecule has 19 heavy (non-hydrogen) atoms. The molecule has 2 unspecified atom stereocenters. The zero-order chi connectivity index (χ0) is 14.3. The quantitative estimate of drug-likeness (QED) is 0.878. The van der Waals surface area contributed by atoms with Gasteiger partial charge < -0.3 is 10.8 Å². The third-order valence-corrected chi connectivity index (χ3v) is 5.53. The third-order valence-electron chi connectivity index (χ3n) is 4.56. The zero-order valence-corrected chi connectivity index (χ0v) is 13.7. The van der Waals surface area contributed by atoms with E-state index in [4.69, 9.17) is 5.73 Å². The van der Waals surface area contributed by atoms with Gasteiger partial charge in [-0.2, -0.15) is 0 Å². The van der Waals surface area contributed by atoms with Crippen LogP contribution in [0.2, 0.25) is 0 Å². The lowest BCUT2D eigenvalue weighted by Gasteiger charge is -2.26. The maximum absolute atomic E-state index is 10.1. The van der Waals surface area contributed by atoms with Crippen molar-refractivity contribution < 1.29 is 5.11 Å². The Morgan fingerprint density at radius 2 is 1.89 bits per heavy atom. The summed E-state index contributed by atoms with van der Waals surface area (Å²) in [5.41, 5.74) is 10.5. The molecule has 0 bridgehead atoms. The van der Waals surface area contributed by atoms with Crippen LogP contribution in [0.5, 0.6) is 5.75 Å². The summed E-state index contributed by atoms with van der Waals surface area (Å²) in [7, 11) is 2.16. The predicted octanol–water partition coefficient (Wildman–Crippen LogP) is 3.03. The van der Waals surface area contributed by atoms with Crippen LogP contribution in [-0.2, 0) is 0 Å². The van der Waals surface area contributed by atoms with E-state index in [0.717, 1.165) is 35.1 Å². The van der Waals surface area contributed by atoms with Gasteiger partial charge in [-0.1, -0.05) is 0 Å². The molecule has 0 amide bonds. The van der Waals surface area contributed by atoms with Crippen molar-refractivity contribution in [2.24, 2.45) is 11.7 Å². The molecule has 1 saturated heterocycles. The van der Waals surface area contributed by atoms with Crippen molar-refractivity contribution in [2.45, 2.75) is 33.2 Å². The number of nitrogens with two attached hydrogens (primary N) is 1. The van der Waals surface area contributed by atoms with Crippen molar-refractivity contribution in [1.82, 2.24) is 4.90 Å². The first kappa shape index (κ1) is 14.8. The minimum absolute atomic E-state index is 0.370. The van der Waals surface area contributed by atoms with Crippen molar-refractivity contribution >= 4 is 15.9 Å². The Balaban J connectivity index is 2.52. The van der Waals surface area contributed by atoms with E-state index in [-0.39, 0.29) is 0 Å². The molecule has 106 valence electrons. The summed E-state index contributed by atoms with van der Waals surface area (Å²) in [6.07, 6.45) is 1.10. The van der Waals surface area contributed by atoms with E-state index in [1.807, 2.05) is 6.92 Å². The van der Waals surface area contributed by atoms with Gasteiger partial charge >= 0.3 is 0 Å². The Morgan fingerprint density at radius 3 is 2.42 bits per heavy atom. The second-order valence-electron chi connectivity index (χ2n) is 5.74. The van der Waals surface area contributed by atoms with E-state index in [9.17, 15) is 5.11 Å². The number of hydrogen-bond donors (Lipinski definition) is 2. The van der Waals surface area contributed by atoms with Gasteiger partial charge in [-0.15, -0.1) is 0 Å². The van der Waals surface area contributed by atoms with Crippen LogP contribution in [0.3, 0.4) is 0 Å². The molecule has 2 rings (SSSR count). The predicted molar refractivity (Wildman–Crippen MR) is 82.6 cm³/mol. The number of phenols is 1. The number of benzene rings is 1. The number of phenolic OH excluding ortho intramolecular Hbond substituents is 1. The molecule has 0 aromatic heterocycles. The van der Waals surface area contributed by atoms with Gasteiger partial charge in [0.05, 0.1) is 4.47 Å². The van der Waals surface area contributed by atoms with Gasteiger partial charge in [-0.25, -0.2) is 0 Å². The minimum atomic E-state index is 0.370. The van der Waals surface area contributed by atoms with Crippen molar-refractivity contribution in [3.8, 4) is 5.75 Å². The van der Waals surface area contributed by atoms with Crippen LogP contribution in [0, 0.1) is 26.7 Å². The van der Waals surface area contributed by atoms with Crippen LogP contribution < -0.4 is 5.73 Å². The number of likely N-dealkylation sites (tertiary alicyclic amines) is 1. The summed E-state index contributed by atoms with van der Waals surface area (Å²) >= 11 is 3.52. The van der Waals surface area contributed by atoms with Crippen LogP contribution in [0.15, 0.2) is 4.47 Å². The summed E-state index contributed by atoms with van der Waals surface area (Å²) < 4.78 is 0.829. The Bertz CT molecular complexity index is 472. The molecular formula is C15H23BrN2O. The molecule has 1 fully saturated rings. The Labute approximate surface area is 123 Å². The highest BCUT2D eigenvalue weighted by Crippen LogP contribution is 2.43. The van der Waals surface area contributed by atoms with E-state index in [0.29, 0.717) is 17.7 Å². The summed E-state index contributed by atoms with van der Waals surface area (Å²) in [6.45, 7) is 7.96. The Kier molecular flexibility index (Phi) is 4.23. The van der Waals surface area contributed by atoms with E-state index in [1.165, 1.54) is 11.1 Å². The molecule has 0 radical (unpaired) electrons. The molecule has 0 spiro atoms. The van der Waals surface area contributed by atoms with Crippen LogP contribution in [0.1, 0.15) is 34.7 Å². The fourth-order valence-electron chi connectivity index (χ4n) is 3.23. The smallest absolute Gasteiger partial charge is 0.133 e. The molecule has 1 heterocycles. The number of aromatic hydroxyl groups is 1. The first-order chi connectivity index (χ1) is 8.88. The molecule has 4 heteroatoms. The van der Waals surface area contributed by atoms with Crippen LogP contribution in [0.4, 0.5) is 0 Å². The van der Waals surface area contributed by atoms with E-state index in [2.05, 4.69) is 41.7 Å². The third kappa shape index (κ3) is 2.41. The first-order valence-corrected chi connectivity index (χ1v) is 7.56. The van der Waals surface area contributed by atoms with E-state index in [1.54, 1.807) is 0 Å². The fraction of sp³-hybridized carbons (Fsp3) is 0.600. The van der Waals surface area contributed by atoms with Gasteiger partial charge in [0, 0.05) is 12.6 Å². The molecule has 0 aliphatic carbocycles. The fourth-order valence-corrected chi connectivity index (χ4v) is 3.75. The molecule has 1 aromatic rings. The molecule has 1 aliphatic heterocycles. The van der Waals surface area contributed by atoms with Crippen molar-refractivity contribution in [1.29, 1.82) is 0 Å². The lowest BCUT2D eigenvalue weighted by molar-refractivity contribution is 0.311. The van der Waals surface area contributed by atoms with Crippen molar-refractivity contribution in [2.75, 3.05) is 20.1 Å². The minimum Gasteiger partial charge on any atom is -0.506 e. The first-order valence-electron chi connectivity index (χ1n) is 6.76. The monoisotopic (exact) mass is 326 g/mol. The molecule has 1 aromatic carbocycles. The summed E-state index contributed by atoms with van der Waals surface area (Å²) in [6, 6.07) is 0.407. The molecule has 3 N–H and O–H groups in total. The number of rotatable bonds is 2. The standard InChI is InChI=1S/C15H23BrN2O/c1-8-9(2)15(19)14(16)10(3)13(8)12-5-11(6-17)7-18(12)4/h11-12,19H,5-7,17H2,1-4H3. The van der Waals surface area contributed by atoms with E-state index < -0.39 is 0 Å². The zero-order valence-electron chi connectivity index (χ0n) is 12.1. The van der Waals surface area contributed by atoms with Crippen molar-refractivity contribution in [3.63, 3.8) is 0 Å². The van der Waals surface area contributed by atoms with Gasteiger partial charge in [-0.05, 0) is 84.9 Å².